The summed E-state index contributed by atoms with van der Waals surface area (Å²) in [6.07, 6.45) is 6.38. The first-order valence-corrected chi connectivity index (χ1v) is 11.0. The van der Waals surface area contributed by atoms with E-state index in [4.69, 9.17) is 0 Å². The van der Waals surface area contributed by atoms with Gasteiger partial charge in [0.15, 0.2) is 0 Å². The highest BCUT2D eigenvalue weighted by molar-refractivity contribution is 5.85. The predicted molar refractivity (Wildman–Crippen MR) is 120 cm³/mol. The van der Waals surface area contributed by atoms with Gasteiger partial charge in [0.05, 0.1) is 5.41 Å². The number of rotatable bonds is 7. The highest BCUT2D eigenvalue weighted by Gasteiger charge is 2.43. The van der Waals surface area contributed by atoms with Gasteiger partial charge in [0.1, 0.15) is 0 Å². The van der Waals surface area contributed by atoms with Crippen molar-refractivity contribution in [2.45, 2.75) is 46.5 Å². The van der Waals surface area contributed by atoms with E-state index in [2.05, 4.69) is 36.3 Å². The molecular formula is C25H33N3O2. The molecule has 1 fully saturated rings. The summed E-state index contributed by atoms with van der Waals surface area (Å²) in [6.45, 7) is 7.86. The van der Waals surface area contributed by atoms with Crippen molar-refractivity contribution in [2.24, 2.45) is 11.3 Å². The van der Waals surface area contributed by atoms with Crippen LogP contribution in [-0.4, -0.2) is 41.3 Å². The van der Waals surface area contributed by atoms with Crippen molar-refractivity contribution in [3.63, 3.8) is 0 Å². The standard InChI is InChI=1S/C25H33N3O2/c1-4-27-24(30)25(12-8-14-28(18-25)23(29)15-19(2)3)16-20-9-5-6-11-22(20)21-10-7-13-26-17-21/h5-7,9-11,13,17,19H,4,8,12,14-16,18H2,1-3H3,(H,27,30)/t25-/m0/s1. The third-order valence-electron chi connectivity index (χ3n) is 5.85. The summed E-state index contributed by atoms with van der Waals surface area (Å²) >= 11 is 0. The molecular weight excluding hydrogens is 374 g/mol. The topological polar surface area (TPSA) is 62.3 Å². The number of carbonyl (C=O) groups is 2. The summed E-state index contributed by atoms with van der Waals surface area (Å²) in [7, 11) is 0. The van der Waals surface area contributed by atoms with Crippen LogP contribution in [0.4, 0.5) is 0 Å². The first-order valence-electron chi connectivity index (χ1n) is 11.0. The second kappa shape index (κ2) is 9.88. The van der Waals surface area contributed by atoms with Crippen LogP contribution >= 0.6 is 0 Å². The van der Waals surface area contributed by atoms with E-state index in [0.29, 0.717) is 31.8 Å². The quantitative estimate of drug-likeness (QED) is 0.752. The molecule has 0 unspecified atom stereocenters. The lowest BCUT2D eigenvalue weighted by atomic mass is 9.73. The van der Waals surface area contributed by atoms with Crippen LogP contribution in [0.5, 0.6) is 0 Å². The van der Waals surface area contributed by atoms with Gasteiger partial charge in [-0.25, -0.2) is 0 Å². The zero-order valence-corrected chi connectivity index (χ0v) is 18.4. The lowest BCUT2D eigenvalue weighted by molar-refractivity contribution is -0.142. The van der Waals surface area contributed by atoms with E-state index in [1.165, 1.54) is 0 Å². The molecule has 0 aliphatic carbocycles. The van der Waals surface area contributed by atoms with Crippen LogP contribution in [0.15, 0.2) is 48.8 Å². The highest BCUT2D eigenvalue weighted by atomic mass is 16.2. The second-order valence-corrected chi connectivity index (χ2v) is 8.73. The molecule has 1 N–H and O–H groups in total. The Labute approximate surface area is 179 Å². The van der Waals surface area contributed by atoms with Gasteiger partial charge in [-0.05, 0) is 49.3 Å². The second-order valence-electron chi connectivity index (χ2n) is 8.73. The molecule has 0 spiro atoms. The van der Waals surface area contributed by atoms with Crippen LogP contribution in [0, 0.1) is 11.3 Å². The number of aromatic nitrogens is 1. The van der Waals surface area contributed by atoms with Crippen molar-refractivity contribution in [3.8, 4) is 11.1 Å². The van der Waals surface area contributed by atoms with Crippen molar-refractivity contribution in [3.05, 3.63) is 54.4 Å². The number of hydrogen-bond acceptors (Lipinski definition) is 3. The van der Waals surface area contributed by atoms with E-state index >= 15 is 0 Å². The highest BCUT2D eigenvalue weighted by Crippen LogP contribution is 2.37. The van der Waals surface area contributed by atoms with Crippen LogP contribution in [0.1, 0.15) is 45.6 Å². The van der Waals surface area contributed by atoms with Gasteiger partial charge >= 0.3 is 0 Å². The number of pyridine rings is 1. The van der Waals surface area contributed by atoms with Crippen LogP contribution < -0.4 is 5.32 Å². The smallest absolute Gasteiger partial charge is 0.228 e. The van der Waals surface area contributed by atoms with Crippen molar-refractivity contribution in [1.82, 2.24) is 15.2 Å². The molecule has 2 amide bonds. The van der Waals surface area contributed by atoms with E-state index < -0.39 is 5.41 Å². The number of likely N-dealkylation sites (tertiary alicyclic amines) is 1. The summed E-state index contributed by atoms with van der Waals surface area (Å²) in [5, 5.41) is 3.05. The molecule has 5 heteroatoms. The third-order valence-corrected chi connectivity index (χ3v) is 5.85. The van der Waals surface area contributed by atoms with Gasteiger partial charge in [-0.3, -0.25) is 14.6 Å². The molecule has 1 aliphatic heterocycles. The van der Waals surface area contributed by atoms with Gasteiger partial charge in [0.25, 0.3) is 0 Å². The van der Waals surface area contributed by atoms with Gasteiger partial charge in [-0.1, -0.05) is 44.2 Å². The minimum absolute atomic E-state index is 0.0491. The maximum Gasteiger partial charge on any atom is 0.228 e. The van der Waals surface area contributed by atoms with Crippen LogP contribution in [-0.2, 0) is 16.0 Å². The number of hydrogen-bond donors (Lipinski definition) is 1. The molecule has 1 aliphatic rings. The Morgan fingerprint density at radius 1 is 1.20 bits per heavy atom. The third kappa shape index (κ3) is 5.07. The van der Waals surface area contributed by atoms with E-state index in [1.54, 1.807) is 6.20 Å². The first kappa shape index (κ1) is 22.0. The molecule has 1 aromatic carbocycles. The molecule has 160 valence electrons. The van der Waals surface area contributed by atoms with Crippen molar-refractivity contribution < 1.29 is 9.59 Å². The summed E-state index contributed by atoms with van der Waals surface area (Å²) in [5.74, 6) is 0.511. The molecule has 30 heavy (non-hydrogen) atoms. The van der Waals surface area contributed by atoms with E-state index in [0.717, 1.165) is 36.1 Å². The normalized spacial score (nSPS) is 19.0. The van der Waals surface area contributed by atoms with E-state index in [9.17, 15) is 9.59 Å². The van der Waals surface area contributed by atoms with Gasteiger partial charge in [0.2, 0.25) is 11.8 Å². The number of carbonyl (C=O) groups excluding carboxylic acids is 2. The monoisotopic (exact) mass is 407 g/mol. The zero-order valence-electron chi connectivity index (χ0n) is 18.4. The minimum atomic E-state index is -0.612. The predicted octanol–water partition coefficient (Wildman–Crippen LogP) is 4.08. The van der Waals surface area contributed by atoms with Gasteiger partial charge in [-0.15, -0.1) is 0 Å². The molecule has 0 radical (unpaired) electrons. The Morgan fingerprint density at radius 2 is 2.00 bits per heavy atom. The fourth-order valence-corrected chi connectivity index (χ4v) is 4.42. The fourth-order valence-electron chi connectivity index (χ4n) is 4.42. The lowest BCUT2D eigenvalue weighted by Gasteiger charge is -2.42. The fraction of sp³-hybridized carbons (Fsp3) is 0.480. The Morgan fingerprint density at radius 3 is 2.70 bits per heavy atom. The Hall–Kier alpha value is -2.69. The van der Waals surface area contributed by atoms with Crippen LogP contribution in [0.3, 0.4) is 0 Å². The molecule has 1 aromatic heterocycles. The lowest BCUT2D eigenvalue weighted by Crippen LogP contribution is -2.54. The Bertz CT molecular complexity index is 866. The number of nitrogens with zero attached hydrogens (tertiary/aromatic N) is 2. The summed E-state index contributed by atoms with van der Waals surface area (Å²) in [4.78, 5) is 32.3. The summed E-state index contributed by atoms with van der Waals surface area (Å²) in [5.41, 5.74) is 2.65. The summed E-state index contributed by atoms with van der Waals surface area (Å²) < 4.78 is 0. The van der Waals surface area contributed by atoms with Crippen molar-refractivity contribution >= 4 is 11.8 Å². The average molecular weight is 408 g/mol. The maximum atomic E-state index is 13.3. The number of amides is 2. The SMILES string of the molecule is CCNC(=O)[C@]1(Cc2ccccc2-c2cccnc2)CCCN(C(=O)CC(C)C)C1. The van der Waals surface area contributed by atoms with Crippen molar-refractivity contribution in [1.29, 1.82) is 0 Å². The van der Waals surface area contributed by atoms with Gasteiger partial charge in [0, 0.05) is 44.0 Å². The maximum absolute atomic E-state index is 13.3. The molecule has 0 saturated carbocycles. The van der Waals surface area contributed by atoms with E-state index in [1.807, 2.05) is 42.3 Å². The van der Waals surface area contributed by atoms with E-state index in [-0.39, 0.29) is 11.8 Å². The molecule has 1 atom stereocenters. The molecule has 1 saturated heterocycles. The molecule has 2 aromatic rings. The van der Waals surface area contributed by atoms with Gasteiger partial charge < -0.3 is 10.2 Å². The average Bonchev–Trinajstić information content (AvgIpc) is 2.74. The summed E-state index contributed by atoms with van der Waals surface area (Å²) in [6, 6.07) is 12.2. The molecule has 2 heterocycles. The molecule has 5 nitrogen and oxygen atoms in total. The largest absolute Gasteiger partial charge is 0.356 e. The first-order chi connectivity index (χ1) is 14.4. The van der Waals surface area contributed by atoms with Crippen molar-refractivity contribution in [2.75, 3.05) is 19.6 Å². The molecule has 3 rings (SSSR count). The number of benzene rings is 1. The zero-order chi connectivity index (χ0) is 21.6. The van der Waals surface area contributed by atoms with Gasteiger partial charge in [-0.2, -0.15) is 0 Å². The van der Waals surface area contributed by atoms with Crippen LogP contribution in [0.2, 0.25) is 0 Å². The number of piperidine rings is 1. The number of nitrogens with one attached hydrogen (secondary N) is 1. The molecule has 0 bridgehead atoms. The Kier molecular flexibility index (Phi) is 7.24. The van der Waals surface area contributed by atoms with Crippen LogP contribution in [0.25, 0.3) is 11.1 Å². The minimum Gasteiger partial charge on any atom is -0.356 e. The Balaban J connectivity index is 1.94.